The van der Waals surface area contributed by atoms with Crippen molar-refractivity contribution in [3.05, 3.63) is 53.2 Å². The van der Waals surface area contributed by atoms with Gasteiger partial charge in [-0.15, -0.1) is 0 Å². The van der Waals surface area contributed by atoms with E-state index in [0.717, 1.165) is 12.8 Å². The minimum atomic E-state index is -3.38. The Hall–Kier alpha value is -2.48. The van der Waals surface area contributed by atoms with Gasteiger partial charge >= 0.3 is 5.69 Å². The first-order valence-corrected chi connectivity index (χ1v) is 9.67. The van der Waals surface area contributed by atoms with E-state index in [0.29, 0.717) is 18.5 Å². The second-order valence-electron chi connectivity index (χ2n) is 6.06. The van der Waals surface area contributed by atoms with Crippen LogP contribution in [0.3, 0.4) is 0 Å². The Labute approximate surface area is 145 Å². The highest BCUT2D eigenvalue weighted by atomic mass is 32.2. The number of hydrogen-bond acceptors (Lipinski definition) is 5. The van der Waals surface area contributed by atoms with Crippen molar-refractivity contribution in [2.75, 3.05) is 5.32 Å². The number of carbonyl (C=O) groups is 1. The van der Waals surface area contributed by atoms with Gasteiger partial charge in [0, 0.05) is 18.1 Å². The van der Waals surface area contributed by atoms with Crippen LogP contribution in [0.4, 0.5) is 5.69 Å². The van der Waals surface area contributed by atoms with Gasteiger partial charge in [0.25, 0.3) is 0 Å². The van der Waals surface area contributed by atoms with Crippen LogP contribution < -0.4 is 11.0 Å². The molecule has 8 heteroatoms. The number of nitrogens with one attached hydrogen (secondary N) is 1. The smallest absolute Gasteiger partial charge is 0.324 e. The molecule has 0 unspecified atom stereocenters. The van der Waals surface area contributed by atoms with Crippen LogP contribution in [0.25, 0.3) is 0 Å². The summed E-state index contributed by atoms with van der Waals surface area (Å²) in [4.78, 5) is 27.4. The molecule has 0 atom stereocenters. The molecule has 1 N–H and O–H groups in total. The van der Waals surface area contributed by atoms with Gasteiger partial charge in [0.05, 0.1) is 10.1 Å². The van der Waals surface area contributed by atoms with Crippen LogP contribution in [-0.4, -0.2) is 29.1 Å². The van der Waals surface area contributed by atoms with Gasteiger partial charge < -0.3 is 5.32 Å². The van der Waals surface area contributed by atoms with Crippen LogP contribution in [0.2, 0.25) is 0 Å². The molecule has 1 aliphatic carbocycles. The first-order valence-electron chi connectivity index (χ1n) is 8.12. The highest BCUT2D eigenvalue weighted by Gasteiger charge is 2.30. The summed E-state index contributed by atoms with van der Waals surface area (Å²) in [5.41, 5.74) is -0.128. The molecule has 132 valence electrons. The first-order chi connectivity index (χ1) is 12.0. The predicted octanol–water partition coefficient (Wildman–Crippen LogP) is 1.60. The fraction of sp³-hybridized carbons (Fsp3) is 0.353. The van der Waals surface area contributed by atoms with E-state index in [9.17, 15) is 18.0 Å². The van der Waals surface area contributed by atoms with Crippen LogP contribution in [0.1, 0.15) is 25.7 Å². The summed E-state index contributed by atoms with van der Waals surface area (Å²) >= 11 is 0. The van der Waals surface area contributed by atoms with Crippen LogP contribution in [-0.2, 0) is 21.2 Å². The van der Waals surface area contributed by atoms with Gasteiger partial charge in [0.1, 0.15) is 6.54 Å². The highest BCUT2D eigenvalue weighted by molar-refractivity contribution is 7.92. The second-order valence-corrected chi connectivity index (χ2v) is 8.29. The van der Waals surface area contributed by atoms with E-state index in [4.69, 9.17) is 0 Å². The lowest BCUT2D eigenvalue weighted by Gasteiger charge is -2.13. The fourth-order valence-electron chi connectivity index (χ4n) is 3.00. The molecule has 1 heterocycles. The molecule has 25 heavy (non-hydrogen) atoms. The van der Waals surface area contributed by atoms with Crippen molar-refractivity contribution in [1.29, 1.82) is 0 Å². The van der Waals surface area contributed by atoms with E-state index in [-0.39, 0.29) is 16.7 Å². The summed E-state index contributed by atoms with van der Waals surface area (Å²) in [6.45, 7) is -0.188. The molecule has 0 bridgehead atoms. The number of sulfone groups is 1. The molecular formula is C17H19N3O4S. The van der Waals surface area contributed by atoms with Gasteiger partial charge in [0.2, 0.25) is 5.91 Å². The van der Waals surface area contributed by atoms with Crippen LogP contribution >= 0.6 is 0 Å². The zero-order valence-corrected chi connectivity index (χ0v) is 14.4. The Kier molecular flexibility index (Phi) is 4.98. The van der Waals surface area contributed by atoms with Gasteiger partial charge in [-0.3, -0.25) is 9.36 Å². The average molecular weight is 361 g/mol. The number of nitrogens with zero attached hydrogens (tertiary/aromatic N) is 2. The summed E-state index contributed by atoms with van der Waals surface area (Å²) in [7, 11) is -3.38. The number of amides is 1. The van der Waals surface area contributed by atoms with Gasteiger partial charge in [-0.1, -0.05) is 18.9 Å². The predicted molar refractivity (Wildman–Crippen MR) is 93.0 cm³/mol. The lowest BCUT2D eigenvalue weighted by molar-refractivity contribution is -0.116. The topological polar surface area (TPSA) is 98.1 Å². The fourth-order valence-corrected chi connectivity index (χ4v) is 4.90. The van der Waals surface area contributed by atoms with Crippen molar-refractivity contribution < 1.29 is 13.2 Å². The number of hydrogen-bond donors (Lipinski definition) is 1. The largest absolute Gasteiger partial charge is 0.347 e. The Morgan fingerprint density at radius 3 is 2.72 bits per heavy atom. The van der Waals surface area contributed by atoms with E-state index >= 15 is 0 Å². The second kappa shape index (κ2) is 7.18. The summed E-state index contributed by atoms with van der Waals surface area (Å²) in [6, 6.07) is 7.81. The van der Waals surface area contributed by atoms with E-state index < -0.39 is 21.4 Å². The van der Waals surface area contributed by atoms with E-state index in [1.54, 1.807) is 24.3 Å². The van der Waals surface area contributed by atoms with Crippen LogP contribution in [0.5, 0.6) is 0 Å². The van der Waals surface area contributed by atoms with Crippen LogP contribution in [0.15, 0.2) is 52.4 Å². The van der Waals surface area contributed by atoms with E-state index in [1.807, 2.05) is 0 Å². The van der Waals surface area contributed by atoms with Gasteiger partial charge in [0.15, 0.2) is 9.84 Å². The van der Waals surface area contributed by atoms with Crippen molar-refractivity contribution in [3.63, 3.8) is 0 Å². The molecule has 1 fully saturated rings. The van der Waals surface area contributed by atoms with Gasteiger partial charge in [-0.2, -0.15) is 0 Å². The first kappa shape index (κ1) is 17.3. The zero-order valence-electron chi connectivity index (χ0n) is 13.6. The van der Waals surface area contributed by atoms with Crippen LogP contribution in [0, 0.1) is 0 Å². The SMILES string of the molecule is O=C(Cn1cccnc1=O)Nc1cccc(S(=O)(=O)C2CCCC2)c1. The standard InChI is InChI=1S/C17H19N3O4S/c21-16(12-20-10-4-9-18-17(20)22)19-13-5-3-8-15(11-13)25(23,24)14-6-1-2-7-14/h3-5,8-11,14H,1-2,6-7,12H2,(H,19,21). The lowest BCUT2D eigenvalue weighted by Crippen LogP contribution is -2.28. The van der Waals surface area contributed by atoms with Crippen molar-refractivity contribution in [3.8, 4) is 0 Å². The number of carbonyl (C=O) groups excluding carboxylic acids is 1. The molecular weight excluding hydrogens is 342 g/mol. The number of anilines is 1. The molecule has 0 radical (unpaired) electrons. The molecule has 1 amide bonds. The van der Waals surface area contributed by atoms with Crippen molar-refractivity contribution >= 4 is 21.4 Å². The monoisotopic (exact) mass is 361 g/mol. The highest BCUT2D eigenvalue weighted by Crippen LogP contribution is 2.30. The van der Waals surface area contributed by atoms with E-state index in [2.05, 4.69) is 10.3 Å². The molecule has 1 aromatic carbocycles. The molecule has 1 saturated carbocycles. The Morgan fingerprint density at radius 1 is 1.24 bits per heavy atom. The summed E-state index contributed by atoms with van der Waals surface area (Å²) in [6.07, 6.45) is 6.05. The van der Waals surface area contributed by atoms with Crippen molar-refractivity contribution in [2.45, 2.75) is 42.4 Å². The molecule has 7 nitrogen and oxygen atoms in total. The van der Waals surface area contributed by atoms with Gasteiger partial charge in [-0.05, 0) is 37.1 Å². The van der Waals surface area contributed by atoms with Crippen molar-refractivity contribution in [2.24, 2.45) is 0 Å². The molecule has 1 aromatic heterocycles. The summed E-state index contributed by atoms with van der Waals surface area (Å²) in [5, 5.41) is 2.29. The third-order valence-corrected chi connectivity index (χ3v) is 6.54. The molecule has 1 aliphatic rings. The Balaban J connectivity index is 1.74. The lowest BCUT2D eigenvalue weighted by atomic mass is 10.3. The average Bonchev–Trinajstić information content (AvgIpc) is 3.12. The Bertz CT molecular complexity index is 931. The van der Waals surface area contributed by atoms with E-state index in [1.165, 1.54) is 23.0 Å². The summed E-state index contributed by atoms with van der Waals surface area (Å²) in [5.74, 6) is -0.425. The molecule has 2 aromatic rings. The van der Waals surface area contributed by atoms with Crippen molar-refractivity contribution in [1.82, 2.24) is 9.55 Å². The number of benzene rings is 1. The third kappa shape index (κ3) is 3.96. The maximum Gasteiger partial charge on any atom is 0.347 e. The van der Waals surface area contributed by atoms with Gasteiger partial charge in [-0.25, -0.2) is 18.2 Å². The Morgan fingerprint density at radius 2 is 2.00 bits per heavy atom. The minimum Gasteiger partial charge on any atom is -0.324 e. The maximum atomic E-state index is 12.6. The zero-order chi connectivity index (χ0) is 17.9. The molecule has 0 aliphatic heterocycles. The quantitative estimate of drug-likeness (QED) is 0.872. The minimum absolute atomic E-state index is 0.188. The number of rotatable bonds is 5. The summed E-state index contributed by atoms with van der Waals surface area (Å²) < 4.78 is 26.5. The maximum absolute atomic E-state index is 12.6. The molecule has 0 spiro atoms. The molecule has 3 rings (SSSR count). The number of aromatic nitrogens is 2. The third-order valence-electron chi connectivity index (χ3n) is 4.28. The molecule has 0 saturated heterocycles. The normalized spacial score (nSPS) is 15.2.